The van der Waals surface area contributed by atoms with Gasteiger partial charge in [0.25, 0.3) is 0 Å². The number of fused-ring (bicyclic) bond motifs is 1. The van der Waals surface area contributed by atoms with Gasteiger partial charge < -0.3 is 4.90 Å². The Labute approximate surface area is 299 Å². The number of nitrogens with zero attached hydrogens (tertiary/aromatic N) is 1. The average Bonchev–Trinajstić information content (AvgIpc) is 3.13. The maximum atomic E-state index is 2.42. The van der Waals surface area contributed by atoms with E-state index in [1.165, 1.54) is 77.1 Å². The molecule has 0 radical (unpaired) electrons. The molecule has 1 nitrogen and oxygen atoms in total. The molecule has 0 bridgehead atoms. The van der Waals surface area contributed by atoms with Crippen LogP contribution < -0.4 is 20.8 Å². The number of rotatable bonds is 10. The molecule has 0 aliphatic carbocycles. The molecule has 248 valence electrons. The summed E-state index contributed by atoms with van der Waals surface area (Å²) in [5.74, 6) is 0. The van der Waals surface area contributed by atoms with Crippen LogP contribution in [0.2, 0.25) is 0 Å². The van der Waals surface area contributed by atoms with E-state index in [1.54, 1.807) is 0 Å². The van der Waals surface area contributed by atoms with E-state index < -0.39 is 7.26 Å². The van der Waals surface area contributed by atoms with Gasteiger partial charge in [0.1, 0.15) is 23.2 Å². The summed E-state index contributed by atoms with van der Waals surface area (Å²) < 4.78 is 0. The van der Waals surface area contributed by atoms with Crippen LogP contribution in [0.4, 0.5) is 17.1 Å². The second-order valence-electron chi connectivity index (χ2n) is 14.0. The zero-order chi connectivity index (χ0) is 34.7. The Kier molecular flexibility index (Phi) is 9.71. The first-order chi connectivity index (χ1) is 24.3. The number of hydrogen-bond donors (Lipinski definition) is 0. The standard InChI is InChI=1S/C48H47NP/c1-35-8-21-43(22-9-35)49(44-23-10-36(2)11-24-44)45-25-20-41-19-18-40(33-42(41)34-45)7-6-32-50(46-26-12-37(3)13-27-46,47-28-14-38(4)15-29-47)48-30-16-39(5)17-31-48/h8-31,33-34H,6-7,32H2,1-5H3/q+1. The quantitative estimate of drug-likeness (QED) is 0.131. The van der Waals surface area contributed by atoms with Crippen molar-refractivity contribution in [1.29, 1.82) is 0 Å². The fourth-order valence-electron chi connectivity index (χ4n) is 7.17. The fraction of sp³-hybridized carbons (Fsp3) is 0.167. The topological polar surface area (TPSA) is 3.24 Å². The summed E-state index contributed by atoms with van der Waals surface area (Å²) in [6.07, 6.45) is 3.26. The smallest absolute Gasteiger partial charge is 0.112 e. The Balaban J connectivity index is 1.23. The van der Waals surface area contributed by atoms with Crippen molar-refractivity contribution in [1.82, 2.24) is 0 Å². The maximum Gasteiger partial charge on any atom is 0.112 e. The number of hydrogen-bond acceptors (Lipinski definition) is 1. The first kappa shape index (κ1) is 33.5. The van der Waals surface area contributed by atoms with Gasteiger partial charge in [-0.05, 0) is 137 Å². The zero-order valence-corrected chi connectivity index (χ0v) is 30.9. The molecule has 2 heteroatoms. The van der Waals surface area contributed by atoms with Gasteiger partial charge in [0.2, 0.25) is 0 Å². The normalized spacial score (nSPS) is 11.5. The lowest BCUT2D eigenvalue weighted by Gasteiger charge is -2.28. The van der Waals surface area contributed by atoms with E-state index >= 15 is 0 Å². The van der Waals surface area contributed by atoms with E-state index in [-0.39, 0.29) is 0 Å². The summed E-state index contributed by atoms with van der Waals surface area (Å²) in [6, 6.07) is 59.8. The first-order valence-corrected chi connectivity index (χ1v) is 19.8. The SMILES string of the molecule is Cc1ccc(N(c2ccc(C)cc2)c2ccc3ccc(CCC[P+](c4ccc(C)cc4)(c4ccc(C)cc4)c4ccc(C)cc4)cc3c2)cc1. The molecule has 0 saturated carbocycles. The van der Waals surface area contributed by atoms with Gasteiger partial charge in [0, 0.05) is 17.1 Å². The molecular formula is C48H47NP+. The van der Waals surface area contributed by atoms with E-state index in [0.29, 0.717) is 0 Å². The zero-order valence-electron chi connectivity index (χ0n) is 30.0. The van der Waals surface area contributed by atoms with Crippen LogP contribution in [0.1, 0.15) is 39.8 Å². The Hall–Kier alpha value is -4.97. The molecule has 0 N–H and O–H groups in total. The van der Waals surface area contributed by atoms with Gasteiger partial charge in [-0.1, -0.05) is 113 Å². The molecule has 0 amide bonds. The fourth-order valence-corrected chi connectivity index (χ4v) is 11.4. The highest BCUT2D eigenvalue weighted by Crippen LogP contribution is 2.56. The monoisotopic (exact) mass is 668 g/mol. The van der Waals surface area contributed by atoms with Crippen LogP contribution in [0.3, 0.4) is 0 Å². The molecule has 0 aliphatic heterocycles. The summed E-state index contributed by atoms with van der Waals surface area (Å²) >= 11 is 0. The minimum atomic E-state index is -1.90. The molecule has 0 spiro atoms. The lowest BCUT2D eigenvalue weighted by molar-refractivity contribution is 0.930. The van der Waals surface area contributed by atoms with Gasteiger partial charge in [-0.2, -0.15) is 0 Å². The summed E-state index contributed by atoms with van der Waals surface area (Å²) in [5.41, 5.74) is 11.3. The van der Waals surface area contributed by atoms with Crippen LogP contribution in [-0.2, 0) is 6.42 Å². The maximum absolute atomic E-state index is 2.42. The van der Waals surface area contributed by atoms with Gasteiger partial charge in [-0.15, -0.1) is 0 Å². The highest BCUT2D eigenvalue weighted by Gasteiger charge is 2.44. The second kappa shape index (κ2) is 14.5. The van der Waals surface area contributed by atoms with Crippen LogP contribution in [0.15, 0.2) is 158 Å². The molecule has 0 atom stereocenters. The molecular weight excluding hydrogens is 622 g/mol. The molecule has 0 aliphatic rings. The predicted octanol–water partition coefficient (Wildman–Crippen LogP) is 11.8. The van der Waals surface area contributed by atoms with E-state index in [4.69, 9.17) is 0 Å². The highest BCUT2D eigenvalue weighted by atomic mass is 31.2. The van der Waals surface area contributed by atoms with Crippen molar-refractivity contribution in [3.8, 4) is 0 Å². The number of anilines is 3. The number of aryl methyl sites for hydroxylation is 6. The molecule has 0 fully saturated rings. The summed E-state index contributed by atoms with van der Waals surface area (Å²) in [7, 11) is -1.90. The van der Waals surface area contributed by atoms with E-state index in [2.05, 4.69) is 197 Å². The van der Waals surface area contributed by atoms with Crippen LogP contribution in [0.25, 0.3) is 10.8 Å². The molecule has 0 aromatic heterocycles. The van der Waals surface area contributed by atoms with Crippen LogP contribution >= 0.6 is 7.26 Å². The average molecular weight is 669 g/mol. The van der Waals surface area contributed by atoms with Crippen LogP contribution in [0, 0.1) is 34.6 Å². The minimum Gasteiger partial charge on any atom is -0.310 e. The van der Waals surface area contributed by atoms with E-state index in [1.807, 2.05) is 0 Å². The Morgan fingerprint density at radius 3 is 1.20 bits per heavy atom. The lowest BCUT2D eigenvalue weighted by atomic mass is 10.0. The molecule has 0 saturated heterocycles. The Morgan fingerprint density at radius 1 is 0.380 bits per heavy atom. The van der Waals surface area contributed by atoms with Crippen LogP contribution in [-0.4, -0.2) is 6.16 Å². The van der Waals surface area contributed by atoms with Crippen molar-refractivity contribution in [3.05, 3.63) is 191 Å². The molecule has 7 aromatic carbocycles. The van der Waals surface area contributed by atoms with Crippen molar-refractivity contribution in [2.24, 2.45) is 0 Å². The van der Waals surface area contributed by atoms with Gasteiger partial charge in [-0.25, -0.2) is 0 Å². The third kappa shape index (κ3) is 7.02. The van der Waals surface area contributed by atoms with Crippen LogP contribution in [0.5, 0.6) is 0 Å². The molecule has 7 rings (SSSR count). The van der Waals surface area contributed by atoms with Gasteiger partial charge in [-0.3, -0.25) is 0 Å². The van der Waals surface area contributed by atoms with Crippen molar-refractivity contribution < 1.29 is 0 Å². The molecule has 50 heavy (non-hydrogen) atoms. The van der Waals surface area contributed by atoms with Gasteiger partial charge in [0.05, 0.1) is 6.16 Å². The molecule has 0 heterocycles. The minimum absolute atomic E-state index is 1.03. The summed E-state index contributed by atoms with van der Waals surface area (Å²) in [6.45, 7) is 10.9. The predicted molar refractivity (Wildman–Crippen MR) is 221 cm³/mol. The largest absolute Gasteiger partial charge is 0.310 e. The van der Waals surface area contributed by atoms with Crippen molar-refractivity contribution in [3.63, 3.8) is 0 Å². The van der Waals surface area contributed by atoms with Gasteiger partial charge in [0.15, 0.2) is 0 Å². The Morgan fingerprint density at radius 2 is 0.760 bits per heavy atom. The van der Waals surface area contributed by atoms with Crippen molar-refractivity contribution in [2.45, 2.75) is 47.5 Å². The summed E-state index contributed by atoms with van der Waals surface area (Å²) in [4.78, 5) is 2.37. The molecule has 0 unspecified atom stereocenters. The van der Waals surface area contributed by atoms with Gasteiger partial charge >= 0.3 is 0 Å². The Bertz CT molecular complexity index is 2040. The lowest BCUT2D eigenvalue weighted by Crippen LogP contribution is -2.33. The third-order valence-corrected chi connectivity index (χ3v) is 14.6. The molecule has 7 aromatic rings. The first-order valence-electron chi connectivity index (χ1n) is 17.8. The third-order valence-electron chi connectivity index (χ3n) is 10.1. The van der Waals surface area contributed by atoms with Crippen molar-refractivity contribution in [2.75, 3.05) is 11.1 Å². The van der Waals surface area contributed by atoms with Crippen molar-refractivity contribution >= 4 is 51.0 Å². The van der Waals surface area contributed by atoms with E-state index in [9.17, 15) is 0 Å². The van der Waals surface area contributed by atoms with E-state index in [0.717, 1.165) is 19.0 Å². The second-order valence-corrected chi connectivity index (χ2v) is 17.6. The highest BCUT2D eigenvalue weighted by molar-refractivity contribution is 7.95. The summed E-state index contributed by atoms with van der Waals surface area (Å²) in [5, 5.41) is 6.94. The number of benzene rings is 7.